The molecule has 1 atom stereocenters. The molecule has 0 aliphatic carbocycles. The monoisotopic (exact) mass is 259 g/mol. The Hall–Kier alpha value is -0.320. The standard InChI is InChI=1S/C11H17N3S.ClH/c1-9-4-5-11(14-13-9)15-8-10-3-2-6-12-7-10;/h4-5,10,12H,2-3,6-8H2,1H3;1H. The van der Waals surface area contributed by atoms with Gasteiger partial charge in [0.25, 0.3) is 0 Å². The molecule has 2 heterocycles. The van der Waals surface area contributed by atoms with Crippen LogP contribution in [0.1, 0.15) is 18.5 Å². The van der Waals surface area contributed by atoms with Crippen molar-refractivity contribution in [1.29, 1.82) is 0 Å². The molecule has 0 bridgehead atoms. The van der Waals surface area contributed by atoms with Gasteiger partial charge in [-0.2, -0.15) is 5.10 Å². The third-order valence-corrected chi connectivity index (χ3v) is 3.79. The fraction of sp³-hybridized carbons (Fsp3) is 0.636. The van der Waals surface area contributed by atoms with Gasteiger partial charge >= 0.3 is 0 Å². The zero-order chi connectivity index (χ0) is 10.5. The lowest BCUT2D eigenvalue weighted by molar-refractivity contribution is 0.410. The van der Waals surface area contributed by atoms with E-state index in [0.717, 1.165) is 28.9 Å². The second-order valence-electron chi connectivity index (χ2n) is 4.04. The Bertz CT molecular complexity index is 299. The second kappa shape index (κ2) is 7.09. The molecule has 1 saturated heterocycles. The van der Waals surface area contributed by atoms with Gasteiger partial charge < -0.3 is 5.32 Å². The molecule has 0 saturated carbocycles. The van der Waals surface area contributed by atoms with Crippen molar-refractivity contribution in [1.82, 2.24) is 15.5 Å². The summed E-state index contributed by atoms with van der Waals surface area (Å²) >= 11 is 1.82. The van der Waals surface area contributed by atoms with Crippen molar-refractivity contribution >= 4 is 24.2 Å². The Kier molecular flexibility index (Phi) is 6.09. The van der Waals surface area contributed by atoms with Gasteiger partial charge in [0.2, 0.25) is 0 Å². The van der Waals surface area contributed by atoms with Crippen LogP contribution in [0.3, 0.4) is 0 Å². The van der Waals surface area contributed by atoms with E-state index in [1.807, 2.05) is 24.8 Å². The second-order valence-corrected chi connectivity index (χ2v) is 5.08. The smallest absolute Gasteiger partial charge is 0.119 e. The number of rotatable bonds is 3. The van der Waals surface area contributed by atoms with Gasteiger partial charge in [0, 0.05) is 5.75 Å². The summed E-state index contributed by atoms with van der Waals surface area (Å²) in [7, 11) is 0. The summed E-state index contributed by atoms with van der Waals surface area (Å²) in [5, 5.41) is 12.7. The number of piperidine rings is 1. The van der Waals surface area contributed by atoms with Crippen LogP contribution in [-0.4, -0.2) is 29.0 Å². The van der Waals surface area contributed by atoms with Gasteiger partial charge in [0.05, 0.1) is 5.69 Å². The summed E-state index contributed by atoms with van der Waals surface area (Å²) in [4.78, 5) is 0. The molecule has 5 heteroatoms. The van der Waals surface area contributed by atoms with Gasteiger partial charge in [0.1, 0.15) is 5.03 Å². The van der Waals surface area contributed by atoms with E-state index in [4.69, 9.17) is 0 Å². The van der Waals surface area contributed by atoms with Crippen LogP contribution >= 0.6 is 24.2 Å². The fourth-order valence-electron chi connectivity index (χ4n) is 1.73. The van der Waals surface area contributed by atoms with Gasteiger partial charge in [-0.1, -0.05) is 0 Å². The summed E-state index contributed by atoms with van der Waals surface area (Å²) in [6, 6.07) is 4.08. The molecular weight excluding hydrogens is 242 g/mol. The fourth-order valence-corrected chi connectivity index (χ4v) is 2.69. The number of nitrogens with one attached hydrogen (secondary N) is 1. The Balaban J connectivity index is 0.00000128. The van der Waals surface area contributed by atoms with E-state index in [-0.39, 0.29) is 12.4 Å². The molecule has 1 unspecified atom stereocenters. The van der Waals surface area contributed by atoms with Gasteiger partial charge in [0.15, 0.2) is 0 Å². The number of aryl methyl sites for hydroxylation is 1. The van der Waals surface area contributed by atoms with Gasteiger partial charge in [-0.25, -0.2) is 0 Å². The molecule has 1 aromatic heterocycles. The van der Waals surface area contributed by atoms with Crippen molar-refractivity contribution < 1.29 is 0 Å². The lowest BCUT2D eigenvalue weighted by Gasteiger charge is -2.21. The highest BCUT2D eigenvalue weighted by atomic mass is 35.5. The Morgan fingerprint density at radius 2 is 2.31 bits per heavy atom. The zero-order valence-corrected chi connectivity index (χ0v) is 11.1. The van der Waals surface area contributed by atoms with Crippen LogP contribution in [-0.2, 0) is 0 Å². The van der Waals surface area contributed by atoms with Gasteiger partial charge in [-0.05, 0) is 50.9 Å². The van der Waals surface area contributed by atoms with E-state index in [9.17, 15) is 0 Å². The highest BCUT2D eigenvalue weighted by Crippen LogP contribution is 2.21. The normalized spacial score (nSPS) is 20.2. The molecule has 0 radical (unpaired) electrons. The highest BCUT2D eigenvalue weighted by Gasteiger charge is 2.13. The summed E-state index contributed by atoms with van der Waals surface area (Å²) in [5.74, 6) is 1.96. The lowest BCUT2D eigenvalue weighted by atomic mass is 10.0. The number of hydrogen-bond donors (Lipinski definition) is 1. The minimum Gasteiger partial charge on any atom is -0.316 e. The van der Waals surface area contributed by atoms with E-state index in [0.29, 0.717) is 0 Å². The van der Waals surface area contributed by atoms with Crippen molar-refractivity contribution in [3.63, 3.8) is 0 Å². The largest absolute Gasteiger partial charge is 0.316 e. The summed E-state index contributed by atoms with van der Waals surface area (Å²) in [5.41, 5.74) is 0.985. The third kappa shape index (κ3) is 4.28. The molecule has 1 fully saturated rings. The molecule has 3 nitrogen and oxygen atoms in total. The Morgan fingerprint density at radius 3 is 2.94 bits per heavy atom. The first-order chi connectivity index (χ1) is 7.34. The summed E-state index contributed by atoms with van der Waals surface area (Å²) in [6.45, 7) is 4.31. The predicted octanol–water partition coefficient (Wildman–Crippen LogP) is 2.30. The molecule has 16 heavy (non-hydrogen) atoms. The van der Waals surface area contributed by atoms with E-state index < -0.39 is 0 Å². The number of aromatic nitrogens is 2. The molecule has 0 aromatic carbocycles. The maximum Gasteiger partial charge on any atom is 0.119 e. The van der Waals surface area contributed by atoms with E-state index in [1.165, 1.54) is 19.4 Å². The average Bonchev–Trinajstić information content (AvgIpc) is 2.30. The number of nitrogens with zero attached hydrogens (tertiary/aromatic N) is 2. The predicted molar refractivity (Wildman–Crippen MR) is 70.3 cm³/mol. The van der Waals surface area contributed by atoms with Crippen LogP contribution in [0.5, 0.6) is 0 Å². The molecule has 1 aliphatic rings. The Morgan fingerprint density at radius 1 is 1.44 bits per heavy atom. The molecular formula is C11H18ClN3S. The van der Waals surface area contributed by atoms with E-state index in [2.05, 4.69) is 21.6 Å². The molecule has 0 spiro atoms. The molecule has 2 rings (SSSR count). The quantitative estimate of drug-likeness (QED) is 0.846. The number of halogens is 1. The molecule has 1 aromatic rings. The van der Waals surface area contributed by atoms with Crippen molar-refractivity contribution in [2.45, 2.75) is 24.8 Å². The zero-order valence-electron chi connectivity index (χ0n) is 9.48. The van der Waals surface area contributed by atoms with Crippen molar-refractivity contribution in [2.75, 3.05) is 18.8 Å². The summed E-state index contributed by atoms with van der Waals surface area (Å²) < 4.78 is 0. The van der Waals surface area contributed by atoms with Crippen molar-refractivity contribution in [2.24, 2.45) is 5.92 Å². The molecule has 0 amide bonds. The van der Waals surface area contributed by atoms with Crippen LogP contribution in [0.2, 0.25) is 0 Å². The molecule has 90 valence electrons. The van der Waals surface area contributed by atoms with Gasteiger partial charge in [-0.3, -0.25) is 0 Å². The highest BCUT2D eigenvalue weighted by molar-refractivity contribution is 7.99. The first-order valence-corrected chi connectivity index (χ1v) is 6.47. The van der Waals surface area contributed by atoms with Crippen molar-refractivity contribution in [3.8, 4) is 0 Å². The minimum atomic E-state index is 0. The van der Waals surface area contributed by atoms with Crippen LogP contribution in [0, 0.1) is 12.8 Å². The number of hydrogen-bond acceptors (Lipinski definition) is 4. The van der Waals surface area contributed by atoms with Crippen LogP contribution < -0.4 is 5.32 Å². The molecule has 1 aliphatic heterocycles. The SMILES string of the molecule is Cc1ccc(SCC2CCCNC2)nn1.Cl. The summed E-state index contributed by atoms with van der Waals surface area (Å²) in [6.07, 6.45) is 2.66. The van der Waals surface area contributed by atoms with E-state index >= 15 is 0 Å². The van der Waals surface area contributed by atoms with Crippen LogP contribution in [0.15, 0.2) is 17.2 Å². The van der Waals surface area contributed by atoms with Crippen LogP contribution in [0.4, 0.5) is 0 Å². The maximum atomic E-state index is 4.16. The first kappa shape index (κ1) is 13.7. The van der Waals surface area contributed by atoms with Crippen molar-refractivity contribution in [3.05, 3.63) is 17.8 Å². The van der Waals surface area contributed by atoms with E-state index in [1.54, 1.807) is 0 Å². The lowest BCUT2D eigenvalue weighted by Crippen LogP contribution is -2.30. The maximum absolute atomic E-state index is 4.16. The number of thioether (sulfide) groups is 1. The first-order valence-electron chi connectivity index (χ1n) is 5.48. The third-order valence-electron chi connectivity index (χ3n) is 2.64. The van der Waals surface area contributed by atoms with Crippen LogP contribution in [0.25, 0.3) is 0 Å². The van der Waals surface area contributed by atoms with Gasteiger partial charge in [-0.15, -0.1) is 29.3 Å². The molecule has 1 N–H and O–H groups in total. The minimum absolute atomic E-state index is 0. The Labute approximate surface area is 107 Å². The topological polar surface area (TPSA) is 37.8 Å². The average molecular weight is 260 g/mol.